The normalized spacial score (nSPS) is 14.6. The number of hydrogen-bond donors (Lipinski definition) is 2. The van der Waals surface area contributed by atoms with Crippen LogP contribution < -0.4 is 15.2 Å². The average molecular weight is 414 g/mol. The number of nitrogens with zero attached hydrogens (tertiary/aromatic N) is 1. The molecule has 0 spiro atoms. The summed E-state index contributed by atoms with van der Waals surface area (Å²) in [7, 11) is 0. The van der Waals surface area contributed by atoms with Crippen LogP contribution >= 0.6 is 0 Å². The molecule has 31 heavy (non-hydrogen) atoms. The maximum atomic E-state index is 12.6. The fourth-order valence-corrected chi connectivity index (χ4v) is 3.10. The highest BCUT2D eigenvalue weighted by Gasteiger charge is 2.34. The second-order valence-electron chi connectivity index (χ2n) is 6.84. The van der Waals surface area contributed by atoms with Gasteiger partial charge in [0.25, 0.3) is 11.8 Å². The van der Waals surface area contributed by atoms with Crippen LogP contribution in [0.25, 0.3) is 6.08 Å². The number of hydrogen-bond acceptors (Lipinski definition) is 4. The van der Waals surface area contributed by atoms with Gasteiger partial charge in [-0.25, -0.2) is 9.80 Å². The third kappa shape index (κ3) is 4.45. The van der Waals surface area contributed by atoms with E-state index in [1.807, 2.05) is 6.07 Å². The van der Waals surface area contributed by atoms with Gasteiger partial charge in [-0.3, -0.25) is 15.0 Å². The number of amides is 2. The summed E-state index contributed by atoms with van der Waals surface area (Å²) in [4.78, 5) is 35.9. The van der Waals surface area contributed by atoms with E-state index in [1.54, 1.807) is 66.7 Å². The highest BCUT2D eigenvalue weighted by Crippen LogP contribution is 2.22. The Balaban J connectivity index is 1.44. The van der Waals surface area contributed by atoms with Crippen LogP contribution in [-0.2, 0) is 16.2 Å². The lowest BCUT2D eigenvalue weighted by molar-refractivity contribution is -0.117. The lowest BCUT2D eigenvalue weighted by Crippen LogP contribution is -2.35. The second kappa shape index (κ2) is 8.54. The standard InChI is InChI=1S/C24H18N2O5/c27-22-21(23(28)26(25-22)19-7-2-1-3-8-19)14-16-9-11-20(12-10-16)31-15-17-5-4-6-18(13-17)24(29)30/h1-14H,15H2,(H,25,27)(H,29,30). The Labute approximate surface area is 178 Å². The van der Waals surface area contributed by atoms with E-state index in [0.717, 1.165) is 5.56 Å². The molecule has 0 radical (unpaired) electrons. The summed E-state index contributed by atoms with van der Waals surface area (Å²) in [6, 6.07) is 22.3. The van der Waals surface area contributed by atoms with Crippen LogP contribution in [-0.4, -0.2) is 22.9 Å². The molecule has 1 heterocycles. The second-order valence-corrected chi connectivity index (χ2v) is 6.84. The number of carbonyl (C=O) groups is 3. The molecule has 1 saturated heterocycles. The predicted molar refractivity (Wildman–Crippen MR) is 114 cm³/mol. The van der Waals surface area contributed by atoms with Crippen LogP contribution in [0.15, 0.2) is 84.4 Å². The average Bonchev–Trinajstić information content (AvgIpc) is 3.07. The maximum Gasteiger partial charge on any atom is 0.335 e. The Kier molecular flexibility index (Phi) is 5.49. The third-order valence-corrected chi connectivity index (χ3v) is 4.68. The number of carboxylic acids is 1. The van der Waals surface area contributed by atoms with Crippen LogP contribution in [0.3, 0.4) is 0 Å². The van der Waals surface area contributed by atoms with Gasteiger partial charge in [-0.2, -0.15) is 0 Å². The smallest absolute Gasteiger partial charge is 0.335 e. The SMILES string of the molecule is O=C1NN(c2ccccc2)C(=O)C1=Cc1ccc(OCc2cccc(C(=O)O)c2)cc1. The molecule has 154 valence electrons. The largest absolute Gasteiger partial charge is 0.489 e. The van der Waals surface area contributed by atoms with Gasteiger partial charge in [-0.1, -0.05) is 42.5 Å². The van der Waals surface area contributed by atoms with Crippen LogP contribution in [0.4, 0.5) is 5.69 Å². The monoisotopic (exact) mass is 414 g/mol. The van der Waals surface area contributed by atoms with Gasteiger partial charge in [0, 0.05) is 0 Å². The van der Waals surface area contributed by atoms with Gasteiger partial charge < -0.3 is 9.84 Å². The highest BCUT2D eigenvalue weighted by molar-refractivity contribution is 6.31. The Morgan fingerprint density at radius 1 is 0.968 bits per heavy atom. The molecule has 0 aromatic heterocycles. The Bertz CT molecular complexity index is 1170. The number of aromatic carboxylic acids is 1. The lowest BCUT2D eigenvalue weighted by atomic mass is 10.1. The summed E-state index contributed by atoms with van der Waals surface area (Å²) in [5.74, 6) is -1.30. The number of nitrogens with one attached hydrogen (secondary N) is 1. The number of ether oxygens (including phenoxy) is 1. The fourth-order valence-electron chi connectivity index (χ4n) is 3.10. The topological polar surface area (TPSA) is 95.9 Å². The molecule has 0 saturated carbocycles. The molecule has 7 nitrogen and oxygen atoms in total. The first kappa shape index (κ1) is 19.9. The van der Waals surface area contributed by atoms with E-state index in [9.17, 15) is 14.4 Å². The van der Waals surface area contributed by atoms with Crippen molar-refractivity contribution in [3.8, 4) is 5.75 Å². The van der Waals surface area contributed by atoms with Gasteiger partial charge in [0.15, 0.2) is 0 Å². The molecule has 3 aromatic rings. The number of rotatable bonds is 6. The van der Waals surface area contributed by atoms with Crippen molar-refractivity contribution in [1.82, 2.24) is 5.43 Å². The molecule has 1 fully saturated rings. The number of benzene rings is 3. The number of hydrazine groups is 1. The molecular formula is C24H18N2O5. The van der Waals surface area contributed by atoms with Crippen molar-refractivity contribution in [3.63, 3.8) is 0 Å². The summed E-state index contributed by atoms with van der Waals surface area (Å²) >= 11 is 0. The number of anilines is 1. The predicted octanol–water partition coefficient (Wildman–Crippen LogP) is 3.43. The highest BCUT2D eigenvalue weighted by atomic mass is 16.5. The van der Waals surface area contributed by atoms with Crippen molar-refractivity contribution in [2.45, 2.75) is 6.61 Å². The molecule has 2 N–H and O–H groups in total. The zero-order valence-corrected chi connectivity index (χ0v) is 16.3. The molecule has 1 aliphatic rings. The molecular weight excluding hydrogens is 396 g/mol. The van der Waals surface area contributed by atoms with E-state index in [2.05, 4.69) is 5.43 Å². The molecule has 0 bridgehead atoms. The van der Waals surface area contributed by atoms with Crippen LogP contribution in [0.1, 0.15) is 21.5 Å². The number of carboxylic acid groups (broad SMARTS) is 1. The third-order valence-electron chi connectivity index (χ3n) is 4.68. The van der Waals surface area contributed by atoms with Crippen molar-refractivity contribution in [1.29, 1.82) is 0 Å². The molecule has 2 amide bonds. The Morgan fingerprint density at radius 3 is 2.42 bits per heavy atom. The Morgan fingerprint density at radius 2 is 1.71 bits per heavy atom. The fraction of sp³-hybridized carbons (Fsp3) is 0.0417. The molecule has 4 rings (SSSR count). The number of para-hydroxylation sites is 1. The van der Waals surface area contributed by atoms with Crippen molar-refractivity contribution in [3.05, 3.63) is 101 Å². The summed E-state index contributed by atoms with van der Waals surface area (Å²) in [5, 5.41) is 10.3. The van der Waals surface area contributed by atoms with Gasteiger partial charge in [0.2, 0.25) is 0 Å². The van der Waals surface area contributed by atoms with Crippen LogP contribution in [0, 0.1) is 0 Å². The van der Waals surface area contributed by atoms with Crippen molar-refractivity contribution < 1.29 is 24.2 Å². The van der Waals surface area contributed by atoms with Crippen molar-refractivity contribution >= 4 is 29.5 Å². The molecule has 3 aromatic carbocycles. The van der Waals surface area contributed by atoms with E-state index in [1.165, 1.54) is 17.2 Å². The van der Waals surface area contributed by atoms with Crippen LogP contribution in [0.2, 0.25) is 0 Å². The minimum absolute atomic E-state index is 0.0445. The first-order valence-electron chi connectivity index (χ1n) is 9.48. The zero-order chi connectivity index (χ0) is 21.8. The lowest BCUT2D eigenvalue weighted by Gasteiger charge is -2.13. The first-order valence-corrected chi connectivity index (χ1v) is 9.48. The summed E-state index contributed by atoms with van der Waals surface area (Å²) in [6.07, 6.45) is 1.53. The summed E-state index contributed by atoms with van der Waals surface area (Å²) < 4.78 is 5.70. The molecule has 0 aliphatic carbocycles. The van der Waals surface area contributed by atoms with Gasteiger partial charge >= 0.3 is 5.97 Å². The van der Waals surface area contributed by atoms with E-state index in [-0.39, 0.29) is 17.7 Å². The van der Waals surface area contributed by atoms with Crippen LogP contribution in [0.5, 0.6) is 5.75 Å². The van der Waals surface area contributed by atoms with E-state index in [4.69, 9.17) is 9.84 Å². The zero-order valence-electron chi connectivity index (χ0n) is 16.3. The summed E-state index contributed by atoms with van der Waals surface area (Å²) in [6.45, 7) is 0.217. The van der Waals surface area contributed by atoms with E-state index < -0.39 is 17.8 Å². The molecule has 1 aliphatic heterocycles. The van der Waals surface area contributed by atoms with Gasteiger partial charge in [-0.15, -0.1) is 0 Å². The summed E-state index contributed by atoms with van der Waals surface area (Å²) in [5.41, 5.74) is 4.80. The van der Waals surface area contributed by atoms with E-state index in [0.29, 0.717) is 17.0 Å². The molecule has 0 unspecified atom stereocenters. The minimum Gasteiger partial charge on any atom is -0.489 e. The molecule has 0 atom stereocenters. The van der Waals surface area contributed by atoms with Gasteiger partial charge in [0.05, 0.1) is 11.3 Å². The molecule has 7 heteroatoms. The Hall–Kier alpha value is -4.39. The maximum absolute atomic E-state index is 12.6. The van der Waals surface area contributed by atoms with Crippen molar-refractivity contribution in [2.75, 3.05) is 5.01 Å². The number of carbonyl (C=O) groups excluding carboxylic acids is 2. The quantitative estimate of drug-likeness (QED) is 0.476. The minimum atomic E-state index is -0.990. The first-order chi connectivity index (χ1) is 15.0. The van der Waals surface area contributed by atoms with Crippen molar-refractivity contribution in [2.24, 2.45) is 0 Å². The van der Waals surface area contributed by atoms with Gasteiger partial charge in [0.1, 0.15) is 17.9 Å². The van der Waals surface area contributed by atoms with Gasteiger partial charge in [-0.05, 0) is 53.6 Å². The van der Waals surface area contributed by atoms with E-state index >= 15 is 0 Å².